The van der Waals surface area contributed by atoms with Crippen molar-refractivity contribution >= 4 is 23.2 Å². The van der Waals surface area contributed by atoms with E-state index < -0.39 is 0 Å². The van der Waals surface area contributed by atoms with Gasteiger partial charge in [-0.2, -0.15) is 0 Å². The first-order chi connectivity index (χ1) is 11.5. The Morgan fingerprint density at radius 3 is 2.42 bits per heavy atom. The van der Waals surface area contributed by atoms with E-state index in [-0.39, 0.29) is 18.1 Å². The molecule has 0 aromatic heterocycles. The summed E-state index contributed by atoms with van der Waals surface area (Å²) in [6, 6.07) is 8.30. The molecule has 1 aliphatic carbocycles. The third kappa shape index (κ3) is 4.68. The molecule has 1 saturated carbocycles. The second kappa shape index (κ2) is 7.49. The minimum Gasteiger partial charge on any atom is -0.372 e. The summed E-state index contributed by atoms with van der Waals surface area (Å²) in [6.45, 7) is 5.96. The van der Waals surface area contributed by atoms with Gasteiger partial charge in [-0.15, -0.1) is 0 Å². The molecular formula is C18H25N3O2S. The molecule has 0 unspecified atom stereocenters. The van der Waals surface area contributed by atoms with Crippen molar-refractivity contribution in [1.29, 1.82) is 0 Å². The fraction of sp³-hybridized carbons (Fsp3) is 0.556. The van der Waals surface area contributed by atoms with Crippen LogP contribution in [0.1, 0.15) is 42.6 Å². The van der Waals surface area contributed by atoms with Crippen molar-refractivity contribution in [3.8, 4) is 0 Å². The molecule has 1 saturated heterocycles. The molecular weight excluding hydrogens is 322 g/mol. The Morgan fingerprint density at radius 1 is 1.21 bits per heavy atom. The highest BCUT2D eigenvalue weighted by atomic mass is 32.1. The van der Waals surface area contributed by atoms with Gasteiger partial charge in [-0.1, -0.05) is 12.1 Å². The summed E-state index contributed by atoms with van der Waals surface area (Å²) in [4.78, 5) is 14.5. The minimum atomic E-state index is 0.0717. The first kappa shape index (κ1) is 17.2. The van der Waals surface area contributed by atoms with Crippen LogP contribution in [-0.2, 0) is 11.3 Å². The topological polar surface area (TPSA) is 53.6 Å². The number of amides is 1. The van der Waals surface area contributed by atoms with Crippen molar-refractivity contribution in [2.45, 2.75) is 51.5 Å². The largest absolute Gasteiger partial charge is 0.372 e. The number of rotatable bonds is 4. The number of hydrogen-bond donors (Lipinski definition) is 2. The zero-order chi connectivity index (χ0) is 17.1. The van der Waals surface area contributed by atoms with Gasteiger partial charge in [-0.3, -0.25) is 4.79 Å². The second-order valence-electron chi connectivity index (χ2n) is 6.77. The summed E-state index contributed by atoms with van der Waals surface area (Å²) in [5, 5.41) is 7.16. The van der Waals surface area contributed by atoms with Gasteiger partial charge in [0, 0.05) is 31.2 Å². The molecule has 1 aliphatic heterocycles. The van der Waals surface area contributed by atoms with Gasteiger partial charge in [0.05, 0.1) is 12.2 Å². The van der Waals surface area contributed by atoms with Crippen molar-refractivity contribution < 1.29 is 9.53 Å². The third-order valence-electron chi connectivity index (χ3n) is 4.27. The molecule has 6 heteroatoms. The van der Waals surface area contributed by atoms with E-state index in [2.05, 4.69) is 10.6 Å². The number of ether oxygens (including phenoxy) is 1. The first-order valence-electron chi connectivity index (χ1n) is 8.59. The van der Waals surface area contributed by atoms with E-state index in [1.165, 1.54) is 12.8 Å². The summed E-state index contributed by atoms with van der Waals surface area (Å²) < 4.78 is 5.69. The second-order valence-corrected chi connectivity index (χ2v) is 7.17. The van der Waals surface area contributed by atoms with Crippen LogP contribution in [0.3, 0.4) is 0 Å². The molecule has 130 valence electrons. The molecule has 2 fully saturated rings. The zero-order valence-electron chi connectivity index (χ0n) is 14.2. The van der Waals surface area contributed by atoms with Gasteiger partial charge in [0.1, 0.15) is 0 Å². The van der Waals surface area contributed by atoms with E-state index >= 15 is 0 Å². The van der Waals surface area contributed by atoms with Crippen LogP contribution in [0, 0.1) is 0 Å². The van der Waals surface area contributed by atoms with E-state index in [1.807, 2.05) is 43.0 Å². The van der Waals surface area contributed by atoms with Gasteiger partial charge < -0.3 is 20.3 Å². The molecule has 1 aromatic carbocycles. The maximum atomic E-state index is 12.6. The molecule has 2 atom stereocenters. The predicted octanol–water partition coefficient (Wildman–Crippen LogP) is 2.06. The molecule has 24 heavy (non-hydrogen) atoms. The SMILES string of the molecule is C[C@@H]1CN(C(=O)c2ccc(CNC(=S)NC3CC3)cc2)C[C@H](C)O1. The van der Waals surface area contributed by atoms with Gasteiger partial charge >= 0.3 is 0 Å². The van der Waals surface area contributed by atoms with Gasteiger partial charge in [0.2, 0.25) is 0 Å². The number of nitrogens with zero attached hydrogens (tertiary/aromatic N) is 1. The van der Waals surface area contributed by atoms with Crippen molar-refractivity contribution in [2.75, 3.05) is 13.1 Å². The van der Waals surface area contributed by atoms with Crippen LogP contribution in [0.25, 0.3) is 0 Å². The van der Waals surface area contributed by atoms with E-state index in [9.17, 15) is 4.79 Å². The van der Waals surface area contributed by atoms with Crippen LogP contribution in [0.5, 0.6) is 0 Å². The Hall–Kier alpha value is -1.66. The van der Waals surface area contributed by atoms with Gasteiger partial charge in [0.15, 0.2) is 5.11 Å². The monoisotopic (exact) mass is 347 g/mol. The fourth-order valence-electron chi connectivity index (χ4n) is 2.94. The molecule has 3 rings (SSSR count). The van der Waals surface area contributed by atoms with Crippen LogP contribution in [0.2, 0.25) is 0 Å². The van der Waals surface area contributed by atoms with Crippen molar-refractivity contribution in [1.82, 2.24) is 15.5 Å². The Labute approximate surface area is 148 Å². The lowest BCUT2D eigenvalue weighted by Gasteiger charge is -2.35. The maximum Gasteiger partial charge on any atom is 0.254 e. The number of carbonyl (C=O) groups is 1. The van der Waals surface area contributed by atoms with E-state index in [0.29, 0.717) is 30.8 Å². The molecule has 1 aromatic rings. The lowest BCUT2D eigenvalue weighted by Crippen LogP contribution is -2.48. The smallest absolute Gasteiger partial charge is 0.254 e. The zero-order valence-corrected chi connectivity index (χ0v) is 15.1. The van der Waals surface area contributed by atoms with Crippen molar-refractivity contribution in [2.24, 2.45) is 0 Å². The average molecular weight is 347 g/mol. The minimum absolute atomic E-state index is 0.0717. The Bertz CT molecular complexity index is 591. The van der Waals surface area contributed by atoms with Crippen LogP contribution in [0.4, 0.5) is 0 Å². The summed E-state index contributed by atoms with van der Waals surface area (Å²) in [5.41, 5.74) is 1.83. The quantitative estimate of drug-likeness (QED) is 0.817. The lowest BCUT2D eigenvalue weighted by atomic mass is 10.1. The van der Waals surface area contributed by atoms with Crippen LogP contribution in [0.15, 0.2) is 24.3 Å². The van der Waals surface area contributed by atoms with Gasteiger partial charge in [0.25, 0.3) is 5.91 Å². The number of carbonyl (C=O) groups excluding carboxylic acids is 1. The summed E-state index contributed by atoms with van der Waals surface area (Å²) in [5.74, 6) is 0.0717. The standard InChI is InChI=1S/C18H25N3O2S/c1-12-10-21(11-13(2)23-12)17(22)15-5-3-14(4-6-15)9-19-18(24)20-16-7-8-16/h3-6,12-13,16H,7-11H2,1-2H3,(H2,19,20,24)/t12-,13+. The fourth-order valence-corrected chi connectivity index (χ4v) is 3.18. The molecule has 2 aliphatic rings. The van der Waals surface area contributed by atoms with E-state index in [0.717, 1.165) is 11.1 Å². The number of morpholine rings is 1. The molecule has 1 amide bonds. The summed E-state index contributed by atoms with van der Waals surface area (Å²) in [6.07, 6.45) is 2.58. The summed E-state index contributed by atoms with van der Waals surface area (Å²) >= 11 is 5.25. The average Bonchev–Trinajstić information content (AvgIpc) is 3.36. The van der Waals surface area contributed by atoms with E-state index in [4.69, 9.17) is 17.0 Å². The van der Waals surface area contributed by atoms with Crippen molar-refractivity contribution in [3.05, 3.63) is 35.4 Å². The Morgan fingerprint density at radius 2 is 1.83 bits per heavy atom. The maximum absolute atomic E-state index is 12.6. The molecule has 1 heterocycles. The molecule has 0 radical (unpaired) electrons. The molecule has 5 nitrogen and oxygen atoms in total. The highest BCUT2D eigenvalue weighted by Crippen LogP contribution is 2.18. The number of benzene rings is 1. The highest BCUT2D eigenvalue weighted by Gasteiger charge is 2.26. The van der Waals surface area contributed by atoms with Crippen LogP contribution < -0.4 is 10.6 Å². The van der Waals surface area contributed by atoms with E-state index in [1.54, 1.807) is 0 Å². The highest BCUT2D eigenvalue weighted by molar-refractivity contribution is 7.80. The first-order valence-corrected chi connectivity index (χ1v) is 9.00. The molecule has 2 N–H and O–H groups in total. The van der Waals surface area contributed by atoms with Gasteiger partial charge in [-0.25, -0.2) is 0 Å². The number of thiocarbonyl (C=S) groups is 1. The normalized spacial score (nSPS) is 23.7. The van der Waals surface area contributed by atoms with Crippen molar-refractivity contribution in [3.63, 3.8) is 0 Å². The van der Waals surface area contributed by atoms with Crippen LogP contribution in [-0.4, -0.2) is 47.3 Å². The summed E-state index contributed by atoms with van der Waals surface area (Å²) in [7, 11) is 0. The molecule has 0 spiro atoms. The Kier molecular flexibility index (Phi) is 5.36. The van der Waals surface area contributed by atoms with Crippen LogP contribution >= 0.6 is 12.2 Å². The molecule has 0 bridgehead atoms. The number of hydrogen-bond acceptors (Lipinski definition) is 3. The van der Waals surface area contributed by atoms with Gasteiger partial charge in [-0.05, 0) is 56.6 Å². The third-order valence-corrected chi connectivity index (χ3v) is 4.54. The Balaban J connectivity index is 1.53. The number of nitrogens with one attached hydrogen (secondary N) is 2. The predicted molar refractivity (Wildman–Crippen MR) is 97.9 cm³/mol. The lowest BCUT2D eigenvalue weighted by molar-refractivity contribution is -0.0586.